The Labute approximate surface area is 56.7 Å². The van der Waals surface area contributed by atoms with Crippen LogP contribution in [0.2, 0.25) is 0 Å². The van der Waals surface area contributed by atoms with Crippen molar-refractivity contribution in [1.82, 2.24) is 0 Å². The van der Waals surface area contributed by atoms with E-state index in [9.17, 15) is 0 Å². The third-order valence-electron chi connectivity index (χ3n) is 0.717. The molecule has 0 aliphatic heterocycles. The van der Waals surface area contributed by atoms with E-state index in [1.807, 2.05) is 0 Å². The largest absolute Gasteiger partial charge is 0.708 e. The van der Waals surface area contributed by atoms with Gasteiger partial charge in [-0.3, -0.25) is 0 Å². The average Bonchev–Trinajstić information content (AvgIpc) is 2.15. The van der Waals surface area contributed by atoms with Gasteiger partial charge in [-0.1, -0.05) is 0 Å². The van der Waals surface area contributed by atoms with E-state index < -0.39 is 7.32 Å². The van der Waals surface area contributed by atoms with Crippen LogP contribution >= 0.6 is 11.3 Å². The van der Waals surface area contributed by atoms with Crippen molar-refractivity contribution >= 4 is 18.7 Å². The van der Waals surface area contributed by atoms with Crippen LogP contribution in [0.1, 0.15) is 0 Å². The zero-order valence-corrected chi connectivity index (χ0v) is 5.34. The summed E-state index contributed by atoms with van der Waals surface area (Å²) in [5.74, 6) is 0. The molecule has 0 spiro atoms. The van der Waals surface area contributed by atoms with Crippen LogP contribution in [0.4, 0.5) is 0 Å². The Morgan fingerprint density at radius 2 is 2.33 bits per heavy atom. The lowest BCUT2D eigenvalue weighted by Crippen LogP contribution is -2.19. The van der Waals surface area contributed by atoms with Gasteiger partial charge in [-0.05, 0) is 17.5 Å². The first kappa shape index (κ1) is 6.60. The molecule has 3 nitrogen and oxygen atoms in total. The van der Waals surface area contributed by atoms with E-state index >= 15 is 0 Å². The molecule has 0 aliphatic rings. The van der Waals surface area contributed by atoms with Gasteiger partial charge in [0.05, 0.1) is 0 Å². The van der Waals surface area contributed by atoms with Gasteiger partial charge in [-0.25, -0.2) is 0 Å². The summed E-state index contributed by atoms with van der Waals surface area (Å²) in [4.78, 5) is 0. The Hall–Kier alpha value is -0.515. The second-order valence-electron chi connectivity index (χ2n) is 1.38. The normalized spacial score (nSPS) is 9.11. The van der Waals surface area contributed by atoms with Gasteiger partial charge in [-0.2, -0.15) is 0 Å². The lowest BCUT2D eigenvalue weighted by molar-refractivity contribution is 0.292. The third kappa shape index (κ3) is 2.05. The van der Waals surface area contributed by atoms with E-state index in [1.54, 1.807) is 17.5 Å². The van der Waals surface area contributed by atoms with Gasteiger partial charge in [0.25, 0.3) is 0 Å². The molecule has 0 saturated carbocycles. The highest BCUT2D eigenvalue weighted by molar-refractivity contribution is 7.12. The molecular formula is C4H5BO3S. The van der Waals surface area contributed by atoms with E-state index in [0.29, 0.717) is 5.06 Å². The minimum absolute atomic E-state index is 0.505. The van der Waals surface area contributed by atoms with Crippen LogP contribution in [0.5, 0.6) is 5.06 Å². The van der Waals surface area contributed by atoms with E-state index in [-0.39, 0.29) is 0 Å². The zero-order chi connectivity index (χ0) is 6.69. The molecule has 0 unspecified atom stereocenters. The molecule has 1 rings (SSSR count). The molecule has 0 aromatic carbocycles. The summed E-state index contributed by atoms with van der Waals surface area (Å²) in [5.41, 5.74) is 0. The Kier molecular flexibility index (Phi) is 2.10. The van der Waals surface area contributed by atoms with Gasteiger partial charge in [0, 0.05) is 0 Å². The van der Waals surface area contributed by atoms with Crippen LogP contribution in [0.3, 0.4) is 0 Å². The van der Waals surface area contributed by atoms with Crippen molar-refractivity contribution in [3.63, 3.8) is 0 Å². The van der Waals surface area contributed by atoms with E-state index in [1.165, 1.54) is 11.3 Å². The molecule has 1 heterocycles. The fourth-order valence-corrected chi connectivity index (χ4v) is 1.02. The summed E-state index contributed by atoms with van der Waals surface area (Å²) in [6.45, 7) is 0. The first-order chi connectivity index (χ1) is 4.29. The molecule has 1 aromatic rings. The van der Waals surface area contributed by atoms with Crippen LogP contribution in [0.25, 0.3) is 0 Å². The van der Waals surface area contributed by atoms with Crippen molar-refractivity contribution in [3.8, 4) is 5.06 Å². The molecule has 2 N–H and O–H groups in total. The maximum Gasteiger partial charge on any atom is 0.708 e. The summed E-state index contributed by atoms with van der Waals surface area (Å²) in [6.07, 6.45) is 0. The second kappa shape index (κ2) is 2.86. The molecule has 0 saturated heterocycles. The molecule has 0 atom stereocenters. The molecule has 0 radical (unpaired) electrons. The van der Waals surface area contributed by atoms with Crippen molar-refractivity contribution in [3.05, 3.63) is 17.5 Å². The lowest BCUT2D eigenvalue weighted by atomic mass is 10.3. The summed E-state index contributed by atoms with van der Waals surface area (Å²) >= 11 is 1.31. The Morgan fingerprint density at radius 1 is 1.56 bits per heavy atom. The Bertz CT molecular complexity index is 162. The van der Waals surface area contributed by atoms with Gasteiger partial charge in [0.2, 0.25) is 0 Å². The predicted molar refractivity (Wildman–Crippen MR) is 35.1 cm³/mol. The summed E-state index contributed by atoms with van der Waals surface area (Å²) in [7, 11) is -1.70. The smallest absolute Gasteiger partial charge is 0.504 e. The SMILES string of the molecule is OB(O)Oc1cccs1. The van der Waals surface area contributed by atoms with Crippen molar-refractivity contribution < 1.29 is 14.7 Å². The quantitative estimate of drug-likeness (QED) is 0.578. The molecular weight excluding hydrogens is 139 g/mol. The average molecular weight is 144 g/mol. The summed E-state index contributed by atoms with van der Waals surface area (Å²) in [6, 6.07) is 3.42. The minimum Gasteiger partial charge on any atom is -0.504 e. The van der Waals surface area contributed by atoms with Crippen LogP contribution in [0.15, 0.2) is 17.5 Å². The fraction of sp³-hybridized carbons (Fsp3) is 0. The fourth-order valence-electron chi connectivity index (χ4n) is 0.434. The highest BCUT2D eigenvalue weighted by Crippen LogP contribution is 2.17. The maximum atomic E-state index is 8.26. The van der Waals surface area contributed by atoms with Crippen LogP contribution in [0, 0.1) is 0 Å². The lowest BCUT2D eigenvalue weighted by Gasteiger charge is -1.97. The standard InChI is InChI=1S/C4H5BO3S/c6-5(7)8-4-2-1-3-9-4/h1-3,6-7H. The van der Waals surface area contributed by atoms with E-state index in [2.05, 4.69) is 4.65 Å². The predicted octanol–water partition coefficient (Wildman–Crippen LogP) is 0.0964. The molecule has 9 heavy (non-hydrogen) atoms. The highest BCUT2D eigenvalue weighted by atomic mass is 32.1. The molecule has 0 aliphatic carbocycles. The Morgan fingerprint density at radius 3 is 2.78 bits per heavy atom. The van der Waals surface area contributed by atoms with E-state index in [0.717, 1.165) is 0 Å². The van der Waals surface area contributed by atoms with Gasteiger partial charge < -0.3 is 14.7 Å². The van der Waals surface area contributed by atoms with Crippen molar-refractivity contribution in [2.45, 2.75) is 0 Å². The van der Waals surface area contributed by atoms with Gasteiger partial charge in [0.15, 0.2) is 5.06 Å². The second-order valence-corrected chi connectivity index (χ2v) is 2.29. The number of hydrogen-bond acceptors (Lipinski definition) is 4. The number of rotatable bonds is 2. The van der Waals surface area contributed by atoms with Crippen LogP contribution in [-0.4, -0.2) is 17.4 Å². The summed E-state index contributed by atoms with van der Waals surface area (Å²) in [5, 5.41) is 18.8. The first-order valence-corrected chi connectivity index (χ1v) is 3.23. The third-order valence-corrected chi connectivity index (χ3v) is 1.47. The number of thiophene rings is 1. The van der Waals surface area contributed by atoms with Gasteiger partial charge in [-0.15, -0.1) is 11.3 Å². The molecule has 0 fully saturated rings. The molecule has 0 amide bonds. The van der Waals surface area contributed by atoms with Crippen LogP contribution < -0.4 is 4.65 Å². The molecule has 5 heteroatoms. The topological polar surface area (TPSA) is 49.7 Å². The van der Waals surface area contributed by atoms with Crippen LogP contribution in [-0.2, 0) is 0 Å². The summed E-state index contributed by atoms with van der Waals surface area (Å²) < 4.78 is 4.48. The van der Waals surface area contributed by atoms with Crippen molar-refractivity contribution in [1.29, 1.82) is 0 Å². The molecule has 1 aromatic heterocycles. The molecule has 48 valence electrons. The zero-order valence-electron chi connectivity index (χ0n) is 4.52. The highest BCUT2D eigenvalue weighted by Gasteiger charge is 2.10. The molecule has 0 bridgehead atoms. The Balaban J connectivity index is 2.48. The van der Waals surface area contributed by atoms with Crippen molar-refractivity contribution in [2.24, 2.45) is 0 Å². The van der Waals surface area contributed by atoms with Crippen molar-refractivity contribution in [2.75, 3.05) is 0 Å². The maximum absolute atomic E-state index is 8.26. The number of hydrogen-bond donors (Lipinski definition) is 2. The minimum atomic E-state index is -1.70. The van der Waals surface area contributed by atoms with Gasteiger partial charge in [0.1, 0.15) is 0 Å². The monoisotopic (exact) mass is 144 g/mol. The van der Waals surface area contributed by atoms with E-state index in [4.69, 9.17) is 10.0 Å². The first-order valence-electron chi connectivity index (χ1n) is 2.35. The van der Waals surface area contributed by atoms with Gasteiger partial charge >= 0.3 is 7.32 Å².